The van der Waals surface area contributed by atoms with Crippen LogP contribution in [0.3, 0.4) is 0 Å². The molecule has 0 aromatic rings. The minimum absolute atomic E-state index is 0.00623. The van der Waals surface area contributed by atoms with Crippen LogP contribution in [0.1, 0.15) is 127 Å². The Labute approximate surface area is 227 Å². The number of hydrogen-bond acceptors (Lipinski definition) is 3. The highest BCUT2D eigenvalue weighted by molar-refractivity contribution is 5.84. The Kier molecular flexibility index (Phi) is 6.45. The molecule has 37 heavy (non-hydrogen) atoms. The van der Waals surface area contributed by atoms with E-state index in [1.54, 1.807) is 5.57 Å². The van der Waals surface area contributed by atoms with E-state index in [1.165, 1.54) is 19.3 Å². The maximum absolute atomic E-state index is 13.3. The minimum atomic E-state index is -0.134. The maximum atomic E-state index is 13.3. The number of rotatable bonds is 3. The Bertz CT molecular complexity index is 993. The van der Waals surface area contributed by atoms with Crippen LogP contribution >= 0.6 is 0 Å². The number of allylic oxidation sites excluding steroid dienone is 2. The van der Waals surface area contributed by atoms with E-state index in [-0.39, 0.29) is 39.1 Å². The molecule has 5 aliphatic rings. The van der Waals surface area contributed by atoms with Crippen molar-refractivity contribution in [3.8, 4) is 0 Å². The monoisotopic (exact) mass is 510 g/mol. The van der Waals surface area contributed by atoms with E-state index in [2.05, 4.69) is 54.5 Å². The molecule has 4 saturated carbocycles. The third-order valence-electron chi connectivity index (χ3n) is 14.2. The fourth-order valence-corrected chi connectivity index (χ4v) is 11.5. The van der Waals surface area contributed by atoms with Crippen LogP contribution in [0.5, 0.6) is 0 Å². The van der Waals surface area contributed by atoms with Crippen molar-refractivity contribution in [3.63, 3.8) is 0 Å². The summed E-state index contributed by atoms with van der Waals surface area (Å²) in [5.41, 5.74) is 2.18. The van der Waals surface area contributed by atoms with Gasteiger partial charge in [-0.25, -0.2) is 0 Å². The lowest BCUT2D eigenvalue weighted by atomic mass is 9.33. The highest BCUT2D eigenvalue weighted by atomic mass is 16.5. The standard InChI is InChI=1S/C34H54O3/c1-10-28(36)37-27-15-16-31(7)25(30(27,5)6)14-17-33(9)26(31)12-11-24-29-22(3)21(2)13-18-34(29,23(4)35)20-19-32(24,33)8/h11,21-22,25-27,29H,10,12-20H2,1-9H3/t21-,22+,25?,26?,27+,29?,31+,32-,33-,34-/m1/s1. The van der Waals surface area contributed by atoms with Crippen LogP contribution < -0.4 is 0 Å². The molecule has 4 fully saturated rings. The number of esters is 1. The highest BCUT2D eigenvalue weighted by Gasteiger charge is 2.69. The van der Waals surface area contributed by atoms with Gasteiger partial charge in [-0.1, -0.05) is 67.0 Å². The smallest absolute Gasteiger partial charge is 0.305 e. The molecule has 0 spiro atoms. The molecule has 3 nitrogen and oxygen atoms in total. The maximum Gasteiger partial charge on any atom is 0.305 e. The SMILES string of the molecule is CCC(=O)O[C@H]1CC[C@@]2(C)C(CC[C@]3(C)C2CC=C2C4[C@@H](C)[C@H](C)CC[C@]4(C(C)=O)CC[C@]23C)C1(C)C. The summed E-state index contributed by atoms with van der Waals surface area (Å²) in [5.74, 6) is 3.26. The van der Waals surface area contributed by atoms with Gasteiger partial charge in [-0.3, -0.25) is 9.59 Å². The molecule has 0 bridgehead atoms. The molecule has 0 aromatic heterocycles. The first-order chi connectivity index (χ1) is 17.2. The Balaban J connectivity index is 1.54. The van der Waals surface area contributed by atoms with Gasteiger partial charge < -0.3 is 4.74 Å². The highest BCUT2D eigenvalue weighted by Crippen LogP contribution is 2.75. The Morgan fingerprint density at radius 1 is 0.919 bits per heavy atom. The van der Waals surface area contributed by atoms with Gasteiger partial charge in [0.1, 0.15) is 11.9 Å². The van der Waals surface area contributed by atoms with Crippen LogP contribution in [-0.2, 0) is 14.3 Å². The van der Waals surface area contributed by atoms with E-state index in [1.807, 2.05) is 13.8 Å². The summed E-state index contributed by atoms with van der Waals surface area (Å²) in [5, 5.41) is 0. The second-order valence-corrected chi connectivity index (χ2v) is 15.6. The zero-order valence-electron chi connectivity index (χ0n) is 25.3. The van der Waals surface area contributed by atoms with E-state index in [9.17, 15) is 9.59 Å². The van der Waals surface area contributed by atoms with Crippen molar-refractivity contribution in [2.75, 3.05) is 0 Å². The number of carbonyl (C=O) groups excluding carboxylic acids is 2. The number of Topliss-reactive ketones (excluding diaryl/α,β-unsaturated/α-hetero) is 1. The average Bonchev–Trinajstić information content (AvgIpc) is 2.83. The topological polar surface area (TPSA) is 43.4 Å². The van der Waals surface area contributed by atoms with Gasteiger partial charge in [0.25, 0.3) is 0 Å². The van der Waals surface area contributed by atoms with Crippen LogP contribution in [-0.4, -0.2) is 17.9 Å². The molecule has 0 heterocycles. The molecular weight excluding hydrogens is 456 g/mol. The van der Waals surface area contributed by atoms with Gasteiger partial charge in [0.2, 0.25) is 0 Å². The van der Waals surface area contributed by atoms with Crippen LogP contribution in [0.15, 0.2) is 11.6 Å². The molecule has 5 rings (SSSR count). The largest absolute Gasteiger partial charge is 0.462 e. The summed E-state index contributed by atoms with van der Waals surface area (Å²) in [7, 11) is 0. The van der Waals surface area contributed by atoms with Gasteiger partial charge >= 0.3 is 5.97 Å². The summed E-state index contributed by atoms with van der Waals surface area (Å²) >= 11 is 0. The summed E-state index contributed by atoms with van der Waals surface area (Å²) in [4.78, 5) is 25.6. The van der Waals surface area contributed by atoms with Crippen LogP contribution in [0.4, 0.5) is 0 Å². The van der Waals surface area contributed by atoms with Gasteiger partial charge in [0.15, 0.2) is 0 Å². The van der Waals surface area contributed by atoms with Gasteiger partial charge in [-0.15, -0.1) is 0 Å². The molecular formula is C34H54O3. The molecule has 0 aliphatic heterocycles. The molecule has 208 valence electrons. The van der Waals surface area contributed by atoms with Gasteiger partial charge in [-0.05, 0) is 111 Å². The number of ether oxygens (including phenoxy) is 1. The lowest BCUT2D eigenvalue weighted by Crippen LogP contribution is -2.65. The molecule has 10 atom stereocenters. The molecule has 0 aromatic carbocycles. The normalized spacial score (nSPS) is 50.5. The minimum Gasteiger partial charge on any atom is -0.462 e. The lowest BCUT2D eigenvalue weighted by Gasteiger charge is -2.71. The Morgan fingerprint density at radius 3 is 2.27 bits per heavy atom. The van der Waals surface area contributed by atoms with Gasteiger partial charge in [0, 0.05) is 17.3 Å². The second-order valence-electron chi connectivity index (χ2n) is 15.6. The van der Waals surface area contributed by atoms with E-state index in [4.69, 9.17) is 4.74 Å². The fraction of sp³-hybridized carbons (Fsp3) is 0.882. The first kappa shape index (κ1) is 27.4. The summed E-state index contributed by atoms with van der Waals surface area (Å²) < 4.78 is 6.05. The second kappa shape index (κ2) is 8.69. The summed E-state index contributed by atoms with van der Waals surface area (Å²) in [6, 6.07) is 0. The Morgan fingerprint density at radius 2 is 1.62 bits per heavy atom. The first-order valence-corrected chi connectivity index (χ1v) is 15.6. The van der Waals surface area contributed by atoms with E-state index in [0.717, 1.165) is 38.5 Å². The van der Waals surface area contributed by atoms with Gasteiger partial charge in [-0.2, -0.15) is 0 Å². The fourth-order valence-electron chi connectivity index (χ4n) is 11.5. The van der Waals surface area contributed by atoms with Crippen molar-refractivity contribution in [2.24, 2.45) is 56.7 Å². The number of ketones is 1. The van der Waals surface area contributed by atoms with Crippen molar-refractivity contribution in [2.45, 2.75) is 133 Å². The zero-order valence-corrected chi connectivity index (χ0v) is 25.3. The third kappa shape index (κ3) is 3.49. The number of hydrogen-bond donors (Lipinski definition) is 0. The predicted molar refractivity (Wildman–Crippen MR) is 150 cm³/mol. The van der Waals surface area contributed by atoms with Crippen molar-refractivity contribution in [1.82, 2.24) is 0 Å². The van der Waals surface area contributed by atoms with Gasteiger partial charge in [0.05, 0.1) is 0 Å². The molecule has 0 N–H and O–H groups in total. The quantitative estimate of drug-likeness (QED) is 0.282. The third-order valence-corrected chi connectivity index (χ3v) is 14.2. The van der Waals surface area contributed by atoms with E-state index in [0.29, 0.717) is 41.8 Å². The van der Waals surface area contributed by atoms with Crippen molar-refractivity contribution < 1.29 is 14.3 Å². The number of carbonyl (C=O) groups is 2. The van der Waals surface area contributed by atoms with Crippen LogP contribution in [0, 0.1) is 56.7 Å². The lowest BCUT2D eigenvalue weighted by molar-refractivity contribution is -0.213. The van der Waals surface area contributed by atoms with Crippen molar-refractivity contribution >= 4 is 11.8 Å². The van der Waals surface area contributed by atoms with Crippen molar-refractivity contribution in [3.05, 3.63) is 11.6 Å². The Hall–Kier alpha value is -1.12. The molecule has 5 aliphatic carbocycles. The van der Waals surface area contributed by atoms with Crippen LogP contribution in [0.2, 0.25) is 0 Å². The van der Waals surface area contributed by atoms with E-state index < -0.39 is 0 Å². The molecule has 3 unspecified atom stereocenters. The molecule has 0 amide bonds. The number of fused-ring (bicyclic) bond motifs is 7. The summed E-state index contributed by atoms with van der Waals surface area (Å²) in [6.45, 7) is 21.3. The van der Waals surface area contributed by atoms with Crippen molar-refractivity contribution in [1.29, 1.82) is 0 Å². The zero-order chi connectivity index (χ0) is 27.2. The average molecular weight is 511 g/mol. The molecule has 0 radical (unpaired) electrons. The summed E-state index contributed by atoms with van der Waals surface area (Å²) in [6.07, 6.45) is 13.4. The molecule has 0 saturated heterocycles. The molecule has 3 heteroatoms. The van der Waals surface area contributed by atoms with Crippen LogP contribution in [0.25, 0.3) is 0 Å². The van der Waals surface area contributed by atoms with E-state index >= 15 is 0 Å². The first-order valence-electron chi connectivity index (χ1n) is 15.6. The predicted octanol–water partition coefficient (Wildman–Crippen LogP) is 8.55.